The molecule has 1 fully saturated rings. The monoisotopic (exact) mass is 547 g/mol. The molecular formula is C22H38IN5O3. The number of amides is 1. The van der Waals surface area contributed by atoms with Crippen LogP contribution in [0, 0.1) is 6.92 Å². The standard InChI is InChI=1S/C22H37N5O3.HI/c1-19-8-5-6-9-20(19)30-17-12-26(4)22(24-18-21(28)25(2)3)23-10-7-11-27-13-15-29-16-14-27;/h5-6,8-9H,7,10-18H2,1-4H3,(H,23,24);1H. The Hall–Kier alpha value is -1.59. The lowest BCUT2D eigenvalue weighted by molar-refractivity contribution is -0.127. The highest BCUT2D eigenvalue weighted by Crippen LogP contribution is 2.15. The molecule has 31 heavy (non-hydrogen) atoms. The summed E-state index contributed by atoms with van der Waals surface area (Å²) in [5.74, 6) is 1.60. The number of nitrogens with zero attached hydrogens (tertiary/aromatic N) is 4. The minimum absolute atomic E-state index is 0. The fourth-order valence-electron chi connectivity index (χ4n) is 3.04. The highest BCUT2D eigenvalue weighted by atomic mass is 127. The van der Waals surface area contributed by atoms with E-state index in [1.165, 1.54) is 0 Å². The van der Waals surface area contributed by atoms with Crippen molar-refractivity contribution < 1.29 is 14.3 Å². The molecule has 0 aliphatic carbocycles. The van der Waals surface area contributed by atoms with Gasteiger partial charge < -0.3 is 24.6 Å². The van der Waals surface area contributed by atoms with Crippen LogP contribution in [0.2, 0.25) is 0 Å². The number of ether oxygens (including phenoxy) is 2. The third kappa shape index (κ3) is 10.5. The first-order chi connectivity index (χ1) is 14.5. The number of rotatable bonds is 10. The van der Waals surface area contributed by atoms with Crippen molar-refractivity contribution in [3.05, 3.63) is 29.8 Å². The smallest absolute Gasteiger partial charge is 0.243 e. The van der Waals surface area contributed by atoms with Crippen molar-refractivity contribution in [1.29, 1.82) is 0 Å². The van der Waals surface area contributed by atoms with Gasteiger partial charge in [-0.15, -0.1) is 24.0 Å². The van der Waals surface area contributed by atoms with E-state index in [-0.39, 0.29) is 36.4 Å². The first-order valence-electron chi connectivity index (χ1n) is 10.7. The molecule has 1 heterocycles. The van der Waals surface area contributed by atoms with E-state index in [1.54, 1.807) is 19.0 Å². The number of guanidine groups is 1. The number of carbonyl (C=O) groups is 1. The molecule has 1 aromatic rings. The molecule has 1 aromatic carbocycles. The second-order valence-electron chi connectivity index (χ2n) is 7.70. The fraction of sp³-hybridized carbons (Fsp3) is 0.636. The van der Waals surface area contributed by atoms with Crippen LogP contribution >= 0.6 is 24.0 Å². The van der Waals surface area contributed by atoms with Gasteiger partial charge in [-0.05, 0) is 31.5 Å². The second-order valence-corrected chi connectivity index (χ2v) is 7.70. The van der Waals surface area contributed by atoms with Gasteiger partial charge in [0.05, 0.1) is 19.8 Å². The number of hydrogen-bond donors (Lipinski definition) is 1. The molecule has 0 radical (unpaired) electrons. The normalized spacial score (nSPS) is 14.5. The van der Waals surface area contributed by atoms with Crippen molar-refractivity contribution in [2.75, 3.05) is 80.2 Å². The lowest BCUT2D eigenvalue weighted by Crippen LogP contribution is -2.43. The van der Waals surface area contributed by atoms with Gasteiger partial charge in [-0.2, -0.15) is 0 Å². The third-order valence-electron chi connectivity index (χ3n) is 5.04. The molecule has 1 aliphatic heterocycles. The molecule has 2 rings (SSSR count). The van der Waals surface area contributed by atoms with Gasteiger partial charge in [0.1, 0.15) is 18.9 Å². The molecule has 0 spiro atoms. The molecular weight excluding hydrogens is 509 g/mol. The number of halogens is 1. The summed E-state index contributed by atoms with van der Waals surface area (Å²) < 4.78 is 11.3. The van der Waals surface area contributed by atoms with E-state index >= 15 is 0 Å². The zero-order chi connectivity index (χ0) is 21.8. The average molecular weight is 547 g/mol. The Morgan fingerprint density at radius 1 is 1.23 bits per heavy atom. The minimum atomic E-state index is -0.0211. The maximum atomic E-state index is 12.0. The summed E-state index contributed by atoms with van der Waals surface area (Å²) in [6, 6.07) is 7.99. The number of para-hydroxylation sites is 1. The molecule has 1 amide bonds. The van der Waals surface area contributed by atoms with E-state index in [0.717, 1.165) is 63.1 Å². The largest absolute Gasteiger partial charge is 0.491 e. The number of likely N-dealkylation sites (N-methyl/N-ethyl adjacent to an activating group) is 2. The fourth-order valence-corrected chi connectivity index (χ4v) is 3.04. The van der Waals surface area contributed by atoms with Crippen molar-refractivity contribution in [2.45, 2.75) is 13.3 Å². The molecule has 1 saturated heterocycles. The zero-order valence-corrected chi connectivity index (χ0v) is 21.6. The van der Waals surface area contributed by atoms with Crippen LogP contribution in [0.25, 0.3) is 0 Å². The lowest BCUT2D eigenvalue weighted by Gasteiger charge is -2.27. The predicted octanol–water partition coefficient (Wildman–Crippen LogP) is 1.68. The molecule has 0 bridgehead atoms. The molecule has 176 valence electrons. The van der Waals surface area contributed by atoms with Gasteiger partial charge >= 0.3 is 0 Å². The summed E-state index contributed by atoms with van der Waals surface area (Å²) >= 11 is 0. The Bertz CT molecular complexity index is 681. The molecule has 8 nitrogen and oxygen atoms in total. The van der Waals surface area contributed by atoms with E-state index in [4.69, 9.17) is 9.47 Å². The SMILES string of the molecule is Cc1ccccc1OCCN(C)C(=NCC(=O)N(C)C)NCCCN1CCOCC1.I. The summed E-state index contributed by atoms with van der Waals surface area (Å²) in [7, 11) is 5.45. The van der Waals surface area contributed by atoms with Crippen LogP contribution in [0.1, 0.15) is 12.0 Å². The third-order valence-corrected chi connectivity index (χ3v) is 5.04. The Balaban J connectivity index is 0.00000480. The Morgan fingerprint density at radius 3 is 2.61 bits per heavy atom. The van der Waals surface area contributed by atoms with Crippen LogP contribution in [-0.4, -0.2) is 107 Å². The van der Waals surface area contributed by atoms with Gasteiger partial charge in [-0.25, -0.2) is 4.99 Å². The number of nitrogens with one attached hydrogen (secondary N) is 1. The summed E-state index contributed by atoms with van der Waals surface area (Å²) in [5, 5.41) is 3.41. The van der Waals surface area contributed by atoms with Crippen molar-refractivity contribution in [1.82, 2.24) is 20.0 Å². The van der Waals surface area contributed by atoms with Gasteiger partial charge in [0.2, 0.25) is 5.91 Å². The number of morpholine rings is 1. The molecule has 1 aliphatic rings. The summed E-state index contributed by atoms with van der Waals surface area (Å²) in [6.07, 6.45) is 1.01. The summed E-state index contributed by atoms with van der Waals surface area (Å²) in [6.45, 7) is 8.82. The predicted molar refractivity (Wildman–Crippen MR) is 136 cm³/mol. The molecule has 9 heteroatoms. The van der Waals surface area contributed by atoms with Crippen LogP contribution < -0.4 is 10.1 Å². The molecule has 0 unspecified atom stereocenters. The van der Waals surface area contributed by atoms with E-state index < -0.39 is 0 Å². The zero-order valence-electron chi connectivity index (χ0n) is 19.3. The molecule has 0 saturated carbocycles. The van der Waals surface area contributed by atoms with Crippen LogP contribution in [0.3, 0.4) is 0 Å². The van der Waals surface area contributed by atoms with Gasteiger partial charge in [0.25, 0.3) is 0 Å². The minimum Gasteiger partial charge on any atom is -0.491 e. The van der Waals surface area contributed by atoms with E-state index in [2.05, 4.69) is 15.2 Å². The topological polar surface area (TPSA) is 69.6 Å². The van der Waals surface area contributed by atoms with Gasteiger partial charge in [-0.3, -0.25) is 9.69 Å². The quantitative estimate of drug-likeness (QED) is 0.208. The first kappa shape index (κ1) is 27.4. The van der Waals surface area contributed by atoms with Crippen LogP contribution in [0.4, 0.5) is 0 Å². The van der Waals surface area contributed by atoms with Crippen LogP contribution in [0.5, 0.6) is 5.75 Å². The van der Waals surface area contributed by atoms with Crippen molar-refractivity contribution in [3.8, 4) is 5.75 Å². The first-order valence-corrected chi connectivity index (χ1v) is 10.7. The number of aliphatic imine (C=N–C) groups is 1. The molecule has 0 aromatic heterocycles. The van der Waals surface area contributed by atoms with E-state index in [1.807, 2.05) is 43.1 Å². The Kier molecular flexibility index (Phi) is 13.5. The van der Waals surface area contributed by atoms with Crippen LogP contribution in [0.15, 0.2) is 29.3 Å². The van der Waals surface area contributed by atoms with Crippen LogP contribution in [-0.2, 0) is 9.53 Å². The van der Waals surface area contributed by atoms with Gasteiger partial charge in [0, 0.05) is 40.8 Å². The maximum Gasteiger partial charge on any atom is 0.243 e. The Morgan fingerprint density at radius 2 is 1.94 bits per heavy atom. The number of hydrogen-bond acceptors (Lipinski definition) is 5. The molecule has 1 N–H and O–H groups in total. The van der Waals surface area contributed by atoms with E-state index in [9.17, 15) is 4.79 Å². The highest BCUT2D eigenvalue weighted by Gasteiger charge is 2.12. The second kappa shape index (κ2) is 15.3. The maximum absolute atomic E-state index is 12.0. The summed E-state index contributed by atoms with van der Waals surface area (Å²) in [4.78, 5) is 22.5. The number of aryl methyl sites for hydroxylation is 1. The van der Waals surface area contributed by atoms with Crippen molar-refractivity contribution in [2.24, 2.45) is 4.99 Å². The van der Waals surface area contributed by atoms with Crippen molar-refractivity contribution >= 4 is 35.8 Å². The number of benzene rings is 1. The van der Waals surface area contributed by atoms with Crippen molar-refractivity contribution in [3.63, 3.8) is 0 Å². The lowest BCUT2D eigenvalue weighted by atomic mass is 10.2. The number of carbonyl (C=O) groups excluding carboxylic acids is 1. The van der Waals surface area contributed by atoms with Gasteiger partial charge in [0.15, 0.2) is 5.96 Å². The molecule has 0 atom stereocenters. The highest BCUT2D eigenvalue weighted by molar-refractivity contribution is 14.0. The summed E-state index contributed by atoms with van der Waals surface area (Å²) in [5.41, 5.74) is 1.12. The van der Waals surface area contributed by atoms with Gasteiger partial charge in [-0.1, -0.05) is 18.2 Å². The van der Waals surface area contributed by atoms with E-state index in [0.29, 0.717) is 13.2 Å². The Labute approximate surface area is 204 Å². The average Bonchev–Trinajstić information content (AvgIpc) is 2.74.